The Morgan fingerprint density at radius 2 is 2.00 bits per heavy atom. The van der Waals surface area contributed by atoms with E-state index in [2.05, 4.69) is 26.0 Å². The third kappa shape index (κ3) is 2.19. The van der Waals surface area contributed by atoms with Crippen molar-refractivity contribution in [1.82, 2.24) is 0 Å². The highest BCUT2D eigenvalue weighted by Crippen LogP contribution is 2.44. The molecular weight excluding hydrogens is 210 g/mol. The second-order valence-corrected chi connectivity index (χ2v) is 5.52. The Morgan fingerprint density at radius 3 is 2.65 bits per heavy atom. The summed E-state index contributed by atoms with van der Waals surface area (Å²) in [5.41, 5.74) is 7.63. The van der Waals surface area contributed by atoms with Crippen molar-refractivity contribution in [3.05, 3.63) is 29.8 Å². The smallest absolute Gasteiger partial charge is 0.123 e. The molecule has 0 amide bonds. The van der Waals surface area contributed by atoms with Gasteiger partial charge in [-0.25, -0.2) is 0 Å². The molecule has 3 atom stereocenters. The Kier molecular flexibility index (Phi) is 3.43. The van der Waals surface area contributed by atoms with Crippen LogP contribution in [0.4, 0.5) is 0 Å². The number of para-hydroxylation sites is 1. The van der Waals surface area contributed by atoms with Crippen LogP contribution in [-0.2, 0) is 5.54 Å². The molecule has 3 unspecified atom stereocenters. The molecule has 0 aromatic heterocycles. The average Bonchev–Trinajstić information content (AvgIpc) is 2.34. The summed E-state index contributed by atoms with van der Waals surface area (Å²) in [5, 5.41) is 0. The Bertz CT molecular complexity index is 390. The van der Waals surface area contributed by atoms with Crippen LogP contribution >= 0.6 is 0 Å². The minimum atomic E-state index is -0.223. The maximum Gasteiger partial charge on any atom is 0.123 e. The number of hydrogen-bond donors (Lipinski definition) is 1. The molecule has 1 aromatic carbocycles. The number of nitrogens with two attached hydrogens (primary N) is 1. The molecule has 2 nitrogen and oxygen atoms in total. The normalized spacial score (nSPS) is 33.4. The van der Waals surface area contributed by atoms with E-state index < -0.39 is 0 Å². The van der Waals surface area contributed by atoms with E-state index in [0.717, 1.165) is 18.1 Å². The predicted octanol–water partition coefficient (Wildman–Crippen LogP) is 3.31. The summed E-state index contributed by atoms with van der Waals surface area (Å²) in [6.45, 7) is 4.58. The van der Waals surface area contributed by atoms with Gasteiger partial charge in [0, 0.05) is 11.1 Å². The van der Waals surface area contributed by atoms with Gasteiger partial charge in [0.15, 0.2) is 0 Å². The molecule has 0 bridgehead atoms. The first-order valence-electron chi connectivity index (χ1n) is 6.50. The molecule has 1 aliphatic rings. The van der Waals surface area contributed by atoms with Crippen molar-refractivity contribution in [2.75, 3.05) is 7.11 Å². The molecule has 0 saturated heterocycles. The maximum atomic E-state index is 6.68. The predicted molar refractivity (Wildman–Crippen MR) is 71.0 cm³/mol. The summed E-state index contributed by atoms with van der Waals surface area (Å²) in [6, 6.07) is 8.18. The van der Waals surface area contributed by atoms with Crippen molar-refractivity contribution in [1.29, 1.82) is 0 Å². The van der Waals surface area contributed by atoms with Gasteiger partial charge in [0.2, 0.25) is 0 Å². The first-order chi connectivity index (χ1) is 8.08. The highest BCUT2D eigenvalue weighted by molar-refractivity contribution is 5.39. The lowest BCUT2D eigenvalue weighted by Gasteiger charge is -2.42. The highest BCUT2D eigenvalue weighted by Gasteiger charge is 2.39. The fourth-order valence-electron chi connectivity index (χ4n) is 3.09. The van der Waals surface area contributed by atoms with Crippen LogP contribution < -0.4 is 10.5 Å². The van der Waals surface area contributed by atoms with Gasteiger partial charge in [0.1, 0.15) is 5.75 Å². The molecule has 0 radical (unpaired) electrons. The van der Waals surface area contributed by atoms with Crippen LogP contribution in [0.3, 0.4) is 0 Å². The van der Waals surface area contributed by atoms with Gasteiger partial charge in [-0.15, -0.1) is 0 Å². The lowest BCUT2D eigenvalue weighted by Crippen LogP contribution is -2.46. The van der Waals surface area contributed by atoms with E-state index in [4.69, 9.17) is 10.5 Å². The number of ether oxygens (including phenoxy) is 1. The Hall–Kier alpha value is -1.02. The second kappa shape index (κ2) is 4.69. The minimum absolute atomic E-state index is 0.223. The fourth-order valence-corrected chi connectivity index (χ4v) is 3.09. The lowest BCUT2D eigenvalue weighted by atomic mass is 9.67. The van der Waals surface area contributed by atoms with E-state index in [1.165, 1.54) is 18.4 Å². The zero-order chi connectivity index (χ0) is 12.5. The Labute approximate surface area is 104 Å². The molecule has 0 aliphatic heterocycles. The summed E-state index contributed by atoms with van der Waals surface area (Å²) >= 11 is 0. The highest BCUT2D eigenvalue weighted by atomic mass is 16.5. The standard InChI is InChI=1S/C15H23NO/c1-11-8-9-15(16,12(2)10-11)13-6-4-5-7-14(13)17-3/h4-7,11-12H,8-10,16H2,1-3H3. The van der Waals surface area contributed by atoms with Crippen molar-refractivity contribution >= 4 is 0 Å². The van der Waals surface area contributed by atoms with Gasteiger partial charge in [-0.3, -0.25) is 0 Å². The zero-order valence-corrected chi connectivity index (χ0v) is 11.1. The molecular formula is C15H23NO. The van der Waals surface area contributed by atoms with E-state index in [1.807, 2.05) is 12.1 Å². The van der Waals surface area contributed by atoms with E-state index in [-0.39, 0.29) is 5.54 Å². The van der Waals surface area contributed by atoms with E-state index in [0.29, 0.717) is 5.92 Å². The summed E-state index contributed by atoms with van der Waals surface area (Å²) in [4.78, 5) is 0. The molecule has 17 heavy (non-hydrogen) atoms. The van der Waals surface area contributed by atoms with Gasteiger partial charge < -0.3 is 10.5 Å². The summed E-state index contributed by atoms with van der Waals surface area (Å²) in [5.74, 6) is 2.22. The molecule has 94 valence electrons. The summed E-state index contributed by atoms with van der Waals surface area (Å²) in [7, 11) is 1.72. The molecule has 0 spiro atoms. The van der Waals surface area contributed by atoms with Gasteiger partial charge in [-0.2, -0.15) is 0 Å². The van der Waals surface area contributed by atoms with Gasteiger partial charge in [-0.1, -0.05) is 32.0 Å². The average molecular weight is 233 g/mol. The van der Waals surface area contributed by atoms with Crippen molar-refractivity contribution in [3.8, 4) is 5.75 Å². The van der Waals surface area contributed by atoms with Crippen molar-refractivity contribution in [2.45, 2.75) is 38.6 Å². The third-order valence-electron chi connectivity index (χ3n) is 4.29. The van der Waals surface area contributed by atoms with E-state index in [1.54, 1.807) is 7.11 Å². The molecule has 1 fully saturated rings. The first-order valence-corrected chi connectivity index (χ1v) is 6.50. The second-order valence-electron chi connectivity index (χ2n) is 5.52. The first kappa shape index (κ1) is 12.4. The molecule has 0 heterocycles. The molecule has 1 aromatic rings. The molecule has 2 rings (SSSR count). The van der Waals surface area contributed by atoms with Crippen LogP contribution in [0, 0.1) is 11.8 Å². The van der Waals surface area contributed by atoms with Crippen molar-refractivity contribution in [3.63, 3.8) is 0 Å². The number of benzene rings is 1. The maximum absolute atomic E-state index is 6.68. The van der Waals surface area contributed by atoms with Gasteiger partial charge >= 0.3 is 0 Å². The van der Waals surface area contributed by atoms with Crippen LogP contribution in [0.2, 0.25) is 0 Å². The van der Waals surface area contributed by atoms with Crippen LogP contribution in [-0.4, -0.2) is 7.11 Å². The summed E-state index contributed by atoms with van der Waals surface area (Å²) in [6.07, 6.45) is 3.46. The molecule has 1 saturated carbocycles. The molecule has 1 aliphatic carbocycles. The number of methoxy groups -OCH3 is 1. The van der Waals surface area contributed by atoms with Crippen LogP contribution in [0.25, 0.3) is 0 Å². The monoisotopic (exact) mass is 233 g/mol. The SMILES string of the molecule is COc1ccccc1C1(N)CCC(C)CC1C. The van der Waals surface area contributed by atoms with Crippen molar-refractivity contribution < 1.29 is 4.74 Å². The van der Waals surface area contributed by atoms with Gasteiger partial charge in [0.25, 0.3) is 0 Å². The number of rotatable bonds is 2. The molecule has 2 heteroatoms. The molecule has 2 N–H and O–H groups in total. The van der Waals surface area contributed by atoms with E-state index in [9.17, 15) is 0 Å². The van der Waals surface area contributed by atoms with Crippen LogP contribution in [0.1, 0.15) is 38.7 Å². The quantitative estimate of drug-likeness (QED) is 0.850. The van der Waals surface area contributed by atoms with E-state index >= 15 is 0 Å². The van der Waals surface area contributed by atoms with Crippen LogP contribution in [0.5, 0.6) is 5.75 Å². The van der Waals surface area contributed by atoms with Gasteiger partial charge in [-0.05, 0) is 37.2 Å². The lowest BCUT2D eigenvalue weighted by molar-refractivity contribution is 0.161. The number of hydrogen-bond acceptors (Lipinski definition) is 2. The topological polar surface area (TPSA) is 35.2 Å². The Morgan fingerprint density at radius 1 is 1.29 bits per heavy atom. The Balaban J connectivity index is 2.37. The minimum Gasteiger partial charge on any atom is -0.496 e. The van der Waals surface area contributed by atoms with Crippen molar-refractivity contribution in [2.24, 2.45) is 17.6 Å². The fraction of sp³-hybridized carbons (Fsp3) is 0.600. The van der Waals surface area contributed by atoms with Crippen LogP contribution in [0.15, 0.2) is 24.3 Å². The van der Waals surface area contributed by atoms with Gasteiger partial charge in [0.05, 0.1) is 7.11 Å². The summed E-state index contributed by atoms with van der Waals surface area (Å²) < 4.78 is 5.46. The largest absolute Gasteiger partial charge is 0.496 e. The third-order valence-corrected chi connectivity index (χ3v) is 4.29. The zero-order valence-electron chi connectivity index (χ0n) is 11.1.